The molecule has 3 aliphatic heterocycles. The molecule has 5 nitrogen and oxygen atoms in total. The lowest BCUT2D eigenvalue weighted by atomic mass is 9.67. The maximum absolute atomic E-state index is 13.4. The molecule has 5 atom stereocenters. The van der Waals surface area contributed by atoms with E-state index in [0.29, 0.717) is 0 Å². The van der Waals surface area contributed by atoms with Crippen LogP contribution in [-0.4, -0.2) is 34.2 Å². The van der Waals surface area contributed by atoms with Crippen LogP contribution in [0.4, 0.5) is 18.9 Å². The smallest absolute Gasteiger partial charge is 0.390 e. The topological polar surface area (TPSA) is 66.8 Å². The van der Waals surface area contributed by atoms with E-state index < -0.39 is 57.7 Å². The van der Waals surface area contributed by atoms with Gasteiger partial charge in [-0.15, -0.1) is 0 Å². The van der Waals surface area contributed by atoms with Gasteiger partial charge in [0.25, 0.3) is 0 Å². The van der Waals surface area contributed by atoms with Crippen LogP contribution < -0.4 is 4.90 Å². The van der Waals surface area contributed by atoms with Crippen LogP contribution in [0.1, 0.15) is 31.4 Å². The normalized spacial score (nSPS) is 38.1. The van der Waals surface area contributed by atoms with Crippen LogP contribution in [0.5, 0.6) is 0 Å². The number of alkyl halides is 3. The third kappa shape index (κ3) is 2.20. The van der Waals surface area contributed by atoms with Crippen molar-refractivity contribution < 1.29 is 32.6 Å². The second-order valence-electron chi connectivity index (χ2n) is 7.85. The Labute approximate surface area is 158 Å². The van der Waals surface area contributed by atoms with Crippen LogP contribution in [0.25, 0.3) is 0 Å². The van der Waals surface area contributed by atoms with Gasteiger partial charge in [0.15, 0.2) is 0 Å². The highest BCUT2D eigenvalue weighted by Crippen LogP contribution is 2.61. The molecule has 1 aromatic rings. The van der Waals surface area contributed by atoms with Crippen LogP contribution in [-0.2, 0) is 20.5 Å². The van der Waals surface area contributed by atoms with Crippen molar-refractivity contribution in [3.8, 4) is 0 Å². The maximum atomic E-state index is 13.4. The zero-order chi connectivity index (χ0) is 20.1. The monoisotopic (exact) mass is 403 g/mol. The van der Waals surface area contributed by atoms with Crippen molar-refractivity contribution in [1.29, 1.82) is 0 Å². The molecule has 9 heteroatoms. The van der Waals surface area contributed by atoms with Crippen molar-refractivity contribution in [2.24, 2.45) is 11.8 Å². The van der Waals surface area contributed by atoms with Crippen molar-refractivity contribution in [2.75, 3.05) is 4.90 Å². The Morgan fingerprint density at radius 3 is 2.41 bits per heavy atom. The number of carbonyl (C=O) groups is 2. The zero-order valence-corrected chi connectivity index (χ0v) is 15.5. The fourth-order valence-electron chi connectivity index (χ4n) is 5.02. The van der Waals surface area contributed by atoms with Crippen LogP contribution >= 0.6 is 11.6 Å². The van der Waals surface area contributed by atoms with Gasteiger partial charge >= 0.3 is 6.18 Å². The highest BCUT2D eigenvalue weighted by atomic mass is 35.5. The third-order valence-corrected chi connectivity index (χ3v) is 6.52. The number of ether oxygens (including phenoxy) is 1. The summed E-state index contributed by atoms with van der Waals surface area (Å²) in [5, 5.41) is 9.82. The van der Waals surface area contributed by atoms with Crippen LogP contribution in [0.2, 0.25) is 5.02 Å². The number of rotatable bonds is 1. The van der Waals surface area contributed by atoms with Crippen molar-refractivity contribution in [3.63, 3.8) is 0 Å². The van der Waals surface area contributed by atoms with Gasteiger partial charge in [0.2, 0.25) is 11.8 Å². The number of nitrogens with zero attached hydrogens (tertiary/aromatic N) is 1. The molecule has 1 N–H and O–H groups in total. The van der Waals surface area contributed by atoms with Gasteiger partial charge in [-0.25, -0.2) is 4.90 Å². The van der Waals surface area contributed by atoms with E-state index in [9.17, 15) is 27.9 Å². The molecule has 2 bridgehead atoms. The van der Waals surface area contributed by atoms with Gasteiger partial charge in [0.05, 0.1) is 39.8 Å². The second-order valence-corrected chi connectivity index (χ2v) is 8.26. The Morgan fingerprint density at radius 1 is 1.22 bits per heavy atom. The molecule has 1 aromatic carbocycles. The molecule has 0 saturated carbocycles. The van der Waals surface area contributed by atoms with E-state index in [4.69, 9.17) is 16.3 Å². The minimum atomic E-state index is -4.73. The molecule has 0 spiro atoms. The van der Waals surface area contributed by atoms with Crippen LogP contribution in [0, 0.1) is 18.8 Å². The van der Waals surface area contributed by atoms with Gasteiger partial charge in [-0.05, 0) is 38.5 Å². The first-order valence-corrected chi connectivity index (χ1v) is 8.83. The van der Waals surface area contributed by atoms with Gasteiger partial charge in [-0.2, -0.15) is 13.2 Å². The van der Waals surface area contributed by atoms with E-state index in [1.165, 1.54) is 13.0 Å². The maximum Gasteiger partial charge on any atom is 0.418 e. The lowest BCUT2D eigenvalue weighted by Crippen LogP contribution is -2.49. The first-order valence-electron chi connectivity index (χ1n) is 8.45. The summed E-state index contributed by atoms with van der Waals surface area (Å²) in [6.45, 7) is 4.40. The van der Waals surface area contributed by atoms with Crippen molar-refractivity contribution in [2.45, 2.75) is 50.7 Å². The number of halogens is 4. The average molecular weight is 404 g/mol. The van der Waals surface area contributed by atoms with Gasteiger partial charge < -0.3 is 9.84 Å². The lowest BCUT2D eigenvalue weighted by Gasteiger charge is -2.31. The van der Waals surface area contributed by atoms with Gasteiger partial charge in [0.1, 0.15) is 5.60 Å². The standard InChI is InChI=1S/C18H17ClF3NO4/c1-7-9(5-4-8(19)11(7)18(20,21)22)23-14(25)12-13(15(23)26)17(3)10(24)6-16(12,2)27-17/h4-5,10,12-13,24H,6H2,1-3H3/t10-,12?,13-,16?,17?/m1/s1. The number of carbonyl (C=O) groups excluding carboxylic acids is 2. The summed E-state index contributed by atoms with van der Waals surface area (Å²) in [7, 11) is 0. The van der Waals surface area contributed by atoms with Crippen LogP contribution in [0.3, 0.4) is 0 Å². The summed E-state index contributed by atoms with van der Waals surface area (Å²) in [5.41, 5.74) is -3.78. The van der Waals surface area contributed by atoms with Gasteiger partial charge in [0, 0.05) is 6.42 Å². The third-order valence-electron chi connectivity index (χ3n) is 6.20. The Morgan fingerprint density at radius 2 is 1.81 bits per heavy atom. The average Bonchev–Trinajstić information content (AvgIpc) is 3.01. The molecule has 0 aromatic heterocycles. The first kappa shape index (κ1) is 18.7. The first-order chi connectivity index (χ1) is 12.3. The molecular weight excluding hydrogens is 387 g/mol. The predicted molar refractivity (Wildman–Crippen MR) is 89.2 cm³/mol. The predicted octanol–water partition coefficient (Wildman–Crippen LogP) is 3.09. The summed E-state index contributed by atoms with van der Waals surface area (Å²) in [4.78, 5) is 26.9. The zero-order valence-electron chi connectivity index (χ0n) is 14.7. The molecular formula is C18H17ClF3NO4. The summed E-state index contributed by atoms with van der Waals surface area (Å²) in [6.07, 6.45) is -5.47. The summed E-state index contributed by atoms with van der Waals surface area (Å²) in [6, 6.07) is 2.28. The number of imide groups is 1. The van der Waals surface area contributed by atoms with Crippen LogP contribution in [0.15, 0.2) is 12.1 Å². The minimum absolute atomic E-state index is 0.141. The van der Waals surface area contributed by atoms with E-state index in [-0.39, 0.29) is 17.7 Å². The summed E-state index contributed by atoms with van der Waals surface area (Å²) < 4.78 is 46.0. The second kappa shape index (κ2) is 5.24. The fraction of sp³-hybridized carbons (Fsp3) is 0.556. The van der Waals surface area contributed by atoms with Crippen molar-refractivity contribution in [3.05, 3.63) is 28.3 Å². The quantitative estimate of drug-likeness (QED) is 0.732. The largest absolute Gasteiger partial charge is 0.418 e. The van der Waals surface area contributed by atoms with Crippen molar-refractivity contribution >= 4 is 29.1 Å². The van der Waals surface area contributed by atoms with E-state index in [1.54, 1.807) is 13.8 Å². The number of aliphatic hydroxyl groups is 1. The van der Waals surface area contributed by atoms with E-state index >= 15 is 0 Å². The molecule has 3 saturated heterocycles. The highest BCUT2D eigenvalue weighted by Gasteiger charge is 2.75. The number of aliphatic hydroxyl groups excluding tert-OH is 1. The van der Waals surface area contributed by atoms with E-state index in [0.717, 1.165) is 11.0 Å². The number of fused-ring (bicyclic) bond motifs is 5. The Hall–Kier alpha value is -1.64. The fourth-order valence-corrected chi connectivity index (χ4v) is 5.33. The molecule has 3 heterocycles. The van der Waals surface area contributed by atoms with Gasteiger partial charge in [-0.1, -0.05) is 11.6 Å². The van der Waals surface area contributed by atoms with Gasteiger partial charge in [-0.3, -0.25) is 9.59 Å². The number of hydrogen-bond acceptors (Lipinski definition) is 4. The molecule has 3 aliphatic rings. The Kier molecular flexibility index (Phi) is 3.63. The molecule has 27 heavy (non-hydrogen) atoms. The molecule has 4 rings (SSSR count). The Bertz CT molecular complexity index is 888. The SMILES string of the molecule is Cc1c(N2C(=O)C3[C@H](C2=O)C2(C)OC3(C)C[C@H]2O)ccc(Cl)c1C(F)(F)F. The van der Waals surface area contributed by atoms with Crippen molar-refractivity contribution in [1.82, 2.24) is 0 Å². The number of amides is 2. The lowest BCUT2D eigenvalue weighted by molar-refractivity contribution is -0.138. The molecule has 146 valence electrons. The summed E-state index contributed by atoms with van der Waals surface area (Å²) in [5.74, 6) is -3.05. The number of hydrogen-bond donors (Lipinski definition) is 1. The Balaban J connectivity index is 1.85. The minimum Gasteiger partial charge on any atom is -0.390 e. The molecule has 3 unspecified atom stereocenters. The molecule has 3 fully saturated rings. The summed E-state index contributed by atoms with van der Waals surface area (Å²) >= 11 is 5.72. The van der Waals surface area contributed by atoms with E-state index in [2.05, 4.69) is 0 Å². The van der Waals surface area contributed by atoms with E-state index in [1.807, 2.05) is 0 Å². The highest BCUT2D eigenvalue weighted by molar-refractivity contribution is 6.32. The number of anilines is 1. The molecule has 0 aliphatic carbocycles. The number of benzene rings is 1. The molecule has 2 amide bonds. The molecule has 0 radical (unpaired) electrons.